The van der Waals surface area contributed by atoms with Gasteiger partial charge in [0.2, 0.25) is 0 Å². The zero-order valence-electron chi connectivity index (χ0n) is 11.8. The molecule has 0 bridgehead atoms. The van der Waals surface area contributed by atoms with Gasteiger partial charge in [-0.15, -0.1) is 0 Å². The lowest BCUT2D eigenvalue weighted by molar-refractivity contribution is 0.122. The summed E-state index contributed by atoms with van der Waals surface area (Å²) in [6, 6.07) is 2.18. The first-order chi connectivity index (χ1) is 8.83. The second-order valence-electron chi connectivity index (χ2n) is 6.12. The third kappa shape index (κ3) is 3.04. The SMILES string of the molecule is Cc1c(C2CC2CC#N)ncc(F)c1OC(C)(C)C. The van der Waals surface area contributed by atoms with Crippen molar-refractivity contribution in [3.05, 3.63) is 23.3 Å². The lowest BCUT2D eigenvalue weighted by Crippen LogP contribution is -2.24. The Hall–Kier alpha value is -1.63. The molecule has 0 N–H and O–H groups in total. The second-order valence-corrected chi connectivity index (χ2v) is 6.12. The average Bonchev–Trinajstić information content (AvgIpc) is 3.03. The smallest absolute Gasteiger partial charge is 0.183 e. The van der Waals surface area contributed by atoms with Gasteiger partial charge in [0.1, 0.15) is 5.60 Å². The van der Waals surface area contributed by atoms with Crippen molar-refractivity contribution in [2.24, 2.45) is 5.92 Å². The van der Waals surface area contributed by atoms with E-state index in [-0.39, 0.29) is 5.92 Å². The highest BCUT2D eigenvalue weighted by atomic mass is 19.1. The lowest BCUT2D eigenvalue weighted by Gasteiger charge is -2.23. The highest BCUT2D eigenvalue weighted by molar-refractivity contribution is 5.40. The van der Waals surface area contributed by atoms with Crippen LogP contribution in [0.2, 0.25) is 0 Å². The minimum absolute atomic E-state index is 0.280. The van der Waals surface area contributed by atoms with Crippen LogP contribution in [0.1, 0.15) is 50.8 Å². The van der Waals surface area contributed by atoms with Gasteiger partial charge >= 0.3 is 0 Å². The lowest BCUT2D eigenvalue weighted by atomic mass is 10.1. The molecular weight excluding hydrogens is 243 g/mol. The summed E-state index contributed by atoms with van der Waals surface area (Å²) in [5, 5.41) is 8.71. The largest absolute Gasteiger partial charge is 0.485 e. The molecule has 0 saturated heterocycles. The number of pyridine rings is 1. The van der Waals surface area contributed by atoms with Crippen molar-refractivity contribution >= 4 is 0 Å². The number of hydrogen-bond donors (Lipinski definition) is 0. The Labute approximate surface area is 113 Å². The maximum absolute atomic E-state index is 13.8. The standard InChI is InChI=1S/C15H19FN2O/c1-9-13(11-7-10(11)5-6-17)18-8-12(16)14(9)19-15(2,3)4/h8,10-11H,5,7H2,1-4H3. The molecule has 0 aliphatic heterocycles. The molecule has 1 saturated carbocycles. The van der Waals surface area contributed by atoms with Gasteiger partial charge < -0.3 is 4.74 Å². The van der Waals surface area contributed by atoms with Gasteiger partial charge in [0, 0.05) is 17.9 Å². The van der Waals surface area contributed by atoms with Gasteiger partial charge in [0.15, 0.2) is 11.6 Å². The van der Waals surface area contributed by atoms with Crippen molar-refractivity contribution in [3.63, 3.8) is 0 Å². The Morgan fingerprint density at radius 2 is 2.21 bits per heavy atom. The summed E-state index contributed by atoms with van der Waals surface area (Å²) in [6.07, 6.45) is 2.73. The Kier molecular flexibility index (Phi) is 3.49. The first kappa shape index (κ1) is 13.8. The minimum Gasteiger partial charge on any atom is -0.485 e. The van der Waals surface area contributed by atoms with E-state index in [1.165, 1.54) is 6.20 Å². The zero-order valence-corrected chi connectivity index (χ0v) is 11.8. The van der Waals surface area contributed by atoms with E-state index in [1.54, 1.807) is 0 Å². The predicted molar refractivity (Wildman–Crippen MR) is 70.4 cm³/mol. The van der Waals surface area contributed by atoms with E-state index in [0.717, 1.165) is 17.7 Å². The average molecular weight is 262 g/mol. The van der Waals surface area contributed by atoms with Crippen molar-refractivity contribution in [3.8, 4) is 11.8 Å². The summed E-state index contributed by atoms with van der Waals surface area (Å²) in [7, 11) is 0. The molecule has 0 radical (unpaired) electrons. The molecule has 1 aliphatic carbocycles. The van der Waals surface area contributed by atoms with Crippen molar-refractivity contribution < 1.29 is 9.13 Å². The maximum Gasteiger partial charge on any atom is 0.183 e. The zero-order chi connectivity index (χ0) is 14.2. The molecule has 3 nitrogen and oxygen atoms in total. The molecule has 102 valence electrons. The summed E-state index contributed by atoms with van der Waals surface area (Å²) < 4.78 is 19.5. The molecule has 0 spiro atoms. The summed E-state index contributed by atoms with van der Waals surface area (Å²) in [6.45, 7) is 7.51. The van der Waals surface area contributed by atoms with Crippen LogP contribution in [-0.4, -0.2) is 10.6 Å². The Morgan fingerprint density at radius 1 is 1.53 bits per heavy atom. The van der Waals surface area contributed by atoms with Gasteiger partial charge in [0.05, 0.1) is 18.0 Å². The molecular formula is C15H19FN2O. The fourth-order valence-electron chi connectivity index (χ4n) is 2.31. The molecule has 2 unspecified atom stereocenters. The summed E-state index contributed by atoms with van der Waals surface area (Å²) in [4.78, 5) is 4.20. The molecule has 2 atom stereocenters. The third-order valence-corrected chi connectivity index (χ3v) is 3.29. The van der Waals surface area contributed by atoms with Crippen LogP contribution in [0.25, 0.3) is 0 Å². The maximum atomic E-state index is 13.8. The van der Waals surface area contributed by atoms with Crippen LogP contribution in [0, 0.1) is 30.0 Å². The molecule has 2 rings (SSSR count). The monoisotopic (exact) mass is 262 g/mol. The van der Waals surface area contributed by atoms with Crippen LogP contribution in [0.15, 0.2) is 6.20 Å². The van der Waals surface area contributed by atoms with Gasteiger partial charge in [-0.3, -0.25) is 4.98 Å². The van der Waals surface area contributed by atoms with E-state index >= 15 is 0 Å². The first-order valence-electron chi connectivity index (χ1n) is 6.54. The quantitative estimate of drug-likeness (QED) is 0.834. The van der Waals surface area contributed by atoms with Crippen molar-refractivity contribution in [2.45, 2.75) is 52.1 Å². The summed E-state index contributed by atoms with van der Waals surface area (Å²) in [5.41, 5.74) is 1.20. The third-order valence-electron chi connectivity index (χ3n) is 3.29. The van der Waals surface area contributed by atoms with Crippen LogP contribution in [0.3, 0.4) is 0 Å². The molecule has 4 heteroatoms. The molecule has 1 aromatic heterocycles. The van der Waals surface area contributed by atoms with E-state index < -0.39 is 11.4 Å². The Morgan fingerprint density at radius 3 is 2.79 bits per heavy atom. The van der Waals surface area contributed by atoms with Crippen LogP contribution in [-0.2, 0) is 0 Å². The molecule has 1 aromatic rings. The second kappa shape index (κ2) is 4.80. The van der Waals surface area contributed by atoms with Gasteiger partial charge in [0.25, 0.3) is 0 Å². The molecule has 1 aliphatic rings. The molecule has 1 fully saturated rings. The molecule has 1 heterocycles. The van der Waals surface area contributed by atoms with Gasteiger partial charge in [-0.1, -0.05) is 0 Å². The first-order valence-corrected chi connectivity index (χ1v) is 6.54. The Balaban J connectivity index is 2.28. The van der Waals surface area contributed by atoms with E-state index in [2.05, 4.69) is 11.1 Å². The highest BCUT2D eigenvalue weighted by Gasteiger charge is 2.40. The van der Waals surface area contributed by atoms with Crippen molar-refractivity contribution in [1.29, 1.82) is 5.26 Å². The van der Waals surface area contributed by atoms with E-state index in [1.807, 2.05) is 27.7 Å². The van der Waals surface area contributed by atoms with E-state index in [9.17, 15) is 4.39 Å². The summed E-state index contributed by atoms with van der Waals surface area (Å²) >= 11 is 0. The number of rotatable bonds is 3. The van der Waals surface area contributed by atoms with Crippen LogP contribution in [0.4, 0.5) is 4.39 Å². The number of halogens is 1. The van der Waals surface area contributed by atoms with Gasteiger partial charge in [-0.25, -0.2) is 4.39 Å². The van der Waals surface area contributed by atoms with Crippen molar-refractivity contribution in [1.82, 2.24) is 4.98 Å². The number of nitriles is 1. The number of aromatic nitrogens is 1. The fraction of sp³-hybridized carbons (Fsp3) is 0.600. The number of hydrogen-bond acceptors (Lipinski definition) is 3. The fourth-order valence-corrected chi connectivity index (χ4v) is 2.31. The van der Waals surface area contributed by atoms with E-state index in [4.69, 9.17) is 10.00 Å². The highest BCUT2D eigenvalue weighted by Crippen LogP contribution is 2.50. The normalized spacial score (nSPS) is 21.9. The van der Waals surface area contributed by atoms with Crippen LogP contribution >= 0.6 is 0 Å². The van der Waals surface area contributed by atoms with Gasteiger partial charge in [-0.2, -0.15) is 5.26 Å². The molecule has 19 heavy (non-hydrogen) atoms. The number of ether oxygens (including phenoxy) is 1. The van der Waals surface area contributed by atoms with Crippen LogP contribution in [0.5, 0.6) is 5.75 Å². The Bertz CT molecular complexity index is 528. The molecule has 0 amide bonds. The number of nitrogens with zero attached hydrogens (tertiary/aromatic N) is 2. The summed E-state index contributed by atoms with van der Waals surface area (Å²) in [5.74, 6) is 0.514. The van der Waals surface area contributed by atoms with Crippen molar-refractivity contribution in [2.75, 3.05) is 0 Å². The topological polar surface area (TPSA) is 45.9 Å². The predicted octanol–water partition coefficient (Wildman–Crippen LogP) is 3.72. The van der Waals surface area contributed by atoms with E-state index in [0.29, 0.717) is 18.1 Å². The minimum atomic E-state index is -0.445. The molecule has 0 aromatic carbocycles. The van der Waals surface area contributed by atoms with Gasteiger partial charge in [-0.05, 0) is 40.0 Å². The van der Waals surface area contributed by atoms with Crippen LogP contribution < -0.4 is 4.74 Å².